The molecule has 5 nitrogen and oxygen atoms in total. The molecule has 1 fully saturated rings. The number of anilines is 1. The van der Waals surface area contributed by atoms with Crippen LogP contribution in [-0.2, 0) is 6.54 Å². The first-order chi connectivity index (χ1) is 12.2. The number of rotatable bonds is 7. The molecule has 0 atom stereocenters. The van der Waals surface area contributed by atoms with Gasteiger partial charge in [0.2, 0.25) is 0 Å². The van der Waals surface area contributed by atoms with E-state index in [0.29, 0.717) is 12.2 Å². The van der Waals surface area contributed by atoms with E-state index in [4.69, 9.17) is 0 Å². The van der Waals surface area contributed by atoms with Crippen molar-refractivity contribution in [1.82, 2.24) is 15.5 Å². The van der Waals surface area contributed by atoms with E-state index < -0.39 is 0 Å². The van der Waals surface area contributed by atoms with Crippen LogP contribution in [0.3, 0.4) is 0 Å². The van der Waals surface area contributed by atoms with Gasteiger partial charge in [-0.05, 0) is 30.7 Å². The number of nitrogens with zero attached hydrogens (tertiary/aromatic N) is 3. The van der Waals surface area contributed by atoms with Crippen LogP contribution in [-0.4, -0.2) is 57.2 Å². The van der Waals surface area contributed by atoms with Gasteiger partial charge in [-0.2, -0.15) is 0 Å². The van der Waals surface area contributed by atoms with Crippen molar-refractivity contribution in [3.05, 3.63) is 29.6 Å². The fraction of sp³-hybridized carbons (Fsp3) is 0.632. The van der Waals surface area contributed by atoms with Crippen molar-refractivity contribution in [2.75, 3.05) is 51.2 Å². The highest BCUT2D eigenvalue weighted by Gasteiger charge is 2.18. The molecule has 2 N–H and O–H groups in total. The number of unbranched alkanes of at least 4 members (excludes halogenated alkanes) is 1. The van der Waals surface area contributed by atoms with E-state index in [1.807, 2.05) is 12.1 Å². The minimum absolute atomic E-state index is 0.141. The third kappa shape index (κ3) is 5.88. The van der Waals surface area contributed by atoms with E-state index in [0.717, 1.165) is 63.6 Å². The van der Waals surface area contributed by atoms with Crippen LogP contribution in [0.4, 0.5) is 10.1 Å². The van der Waals surface area contributed by atoms with Crippen molar-refractivity contribution >= 4 is 11.6 Å². The van der Waals surface area contributed by atoms with Crippen molar-refractivity contribution < 1.29 is 4.39 Å². The summed E-state index contributed by atoms with van der Waals surface area (Å²) in [5, 5.41) is 6.50. The van der Waals surface area contributed by atoms with Crippen LogP contribution in [0.25, 0.3) is 0 Å². The molecule has 25 heavy (non-hydrogen) atoms. The minimum atomic E-state index is -0.141. The van der Waals surface area contributed by atoms with E-state index in [9.17, 15) is 4.39 Å². The maximum absolute atomic E-state index is 14.5. The van der Waals surface area contributed by atoms with Crippen LogP contribution in [0.2, 0.25) is 0 Å². The summed E-state index contributed by atoms with van der Waals surface area (Å²) >= 11 is 0. The number of halogens is 1. The molecule has 0 amide bonds. The Hall–Kier alpha value is -1.82. The first-order valence-corrected chi connectivity index (χ1v) is 9.38. The zero-order valence-corrected chi connectivity index (χ0v) is 15.8. The van der Waals surface area contributed by atoms with E-state index in [1.165, 1.54) is 0 Å². The summed E-state index contributed by atoms with van der Waals surface area (Å²) < 4.78 is 14.5. The van der Waals surface area contributed by atoms with Gasteiger partial charge in [-0.1, -0.05) is 26.3 Å². The zero-order valence-electron chi connectivity index (χ0n) is 15.8. The molecular weight excluding hydrogens is 317 g/mol. The molecule has 0 aliphatic carbocycles. The van der Waals surface area contributed by atoms with Crippen molar-refractivity contribution in [2.45, 2.75) is 33.2 Å². The van der Waals surface area contributed by atoms with Gasteiger partial charge in [0.25, 0.3) is 0 Å². The number of likely N-dealkylation sites (N-methyl/N-ethyl adjacent to an activating group) is 1. The maximum atomic E-state index is 14.5. The monoisotopic (exact) mass is 349 g/mol. The van der Waals surface area contributed by atoms with Crippen molar-refractivity contribution in [3.8, 4) is 0 Å². The fourth-order valence-corrected chi connectivity index (χ4v) is 3.01. The average molecular weight is 349 g/mol. The predicted molar refractivity (Wildman–Crippen MR) is 104 cm³/mol. The standard InChI is InChI=1S/C19H32FN5/c1-4-6-9-22-19(21-3)23-15-16-7-8-18(17(20)14-16)25-12-10-24(5-2)11-13-25/h7-8,14H,4-6,9-13,15H2,1-3H3,(H2,21,22,23). The minimum Gasteiger partial charge on any atom is -0.367 e. The van der Waals surface area contributed by atoms with E-state index in [1.54, 1.807) is 13.1 Å². The first kappa shape index (κ1) is 19.5. The van der Waals surface area contributed by atoms with Crippen LogP contribution < -0.4 is 15.5 Å². The smallest absolute Gasteiger partial charge is 0.191 e. The van der Waals surface area contributed by atoms with Gasteiger partial charge in [-0.15, -0.1) is 0 Å². The molecule has 140 valence electrons. The fourth-order valence-electron chi connectivity index (χ4n) is 3.01. The van der Waals surface area contributed by atoms with E-state index >= 15 is 0 Å². The van der Waals surface area contributed by atoms with Crippen molar-refractivity contribution in [2.24, 2.45) is 4.99 Å². The van der Waals surface area contributed by atoms with E-state index in [2.05, 4.69) is 39.3 Å². The lowest BCUT2D eigenvalue weighted by atomic mass is 10.1. The number of aliphatic imine (C=N–C) groups is 1. The summed E-state index contributed by atoms with van der Waals surface area (Å²) in [6.45, 7) is 10.6. The molecule has 0 spiro atoms. The topological polar surface area (TPSA) is 42.9 Å². The second-order valence-electron chi connectivity index (χ2n) is 6.41. The number of hydrogen-bond donors (Lipinski definition) is 2. The number of piperazine rings is 1. The largest absolute Gasteiger partial charge is 0.367 e. The molecule has 1 aromatic rings. The second kappa shape index (κ2) is 10.2. The average Bonchev–Trinajstić information content (AvgIpc) is 2.65. The molecule has 1 saturated heterocycles. The molecule has 0 aromatic heterocycles. The lowest BCUT2D eigenvalue weighted by molar-refractivity contribution is 0.270. The number of nitrogens with one attached hydrogen (secondary N) is 2. The normalized spacial score (nSPS) is 16.2. The van der Waals surface area contributed by atoms with Crippen LogP contribution in [0, 0.1) is 5.82 Å². The number of benzene rings is 1. The lowest BCUT2D eigenvalue weighted by Gasteiger charge is -2.35. The molecule has 2 rings (SSSR count). The second-order valence-corrected chi connectivity index (χ2v) is 6.41. The Labute approximate surface area is 151 Å². The Morgan fingerprint density at radius 3 is 2.52 bits per heavy atom. The summed E-state index contributed by atoms with van der Waals surface area (Å²) in [7, 11) is 1.75. The Kier molecular flexibility index (Phi) is 7.98. The molecule has 0 radical (unpaired) electrons. The predicted octanol–water partition coefficient (Wildman–Crippen LogP) is 2.43. The van der Waals surface area contributed by atoms with Crippen molar-refractivity contribution in [1.29, 1.82) is 0 Å². The molecule has 0 saturated carbocycles. The zero-order chi connectivity index (χ0) is 18.1. The molecule has 6 heteroatoms. The maximum Gasteiger partial charge on any atom is 0.191 e. The van der Waals surface area contributed by atoms with Gasteiger partial charge in [0, 0.05) is 46.3 Å². The SMILES string of the molecule is CCCCNC(=NC)NCc1ccc(N2CCN(CC)CC2)c(F)c1. The molecule has 1 aliphatic heterocycles. The summed E-state index contributed by atoms with van der Waals surface area (Å²) in [5.74, 6) is 0.617. The molecule has 1 aromatic carbocycles. The van der Waals surface area contributed by atoms with Crippen LogP contribution in [0.5, 0.6) is 0 Å². The summed E-state index contributed by atoms with van der Waals surface area (Å²) in [4.78, 5) is 8.73. The number of guanidine groups is 1. The molecule has 1 aliphatic rings. The number of hydrogen-bond acceptors (Lipinski definition) is 3. The summed E-state index contributed by atoms with van der Waals surface area (Å²) in [5.41, 5.74) is 1.64. The van der Waals surface area contributed by atoms with Crippen LogP contribution in [0.15, 0.2) is 23.2 Å². The highest BCUT2D eigenvalue weighted by atomic mass is 19.1. The van der Waals surface area contributed by atoms with Gasteiger partial charge >= 0.3 is 0 Å². The molecule has 0 unspecified atom stereocenters. The highest BCUT2D eigenvalue weighted by molar-refractivity contribution is 5.79. The quantitative estimate of drug-likeness (QED) is 0.451. The van der Waals surface area contributed by atoms with Gasteiger partial charge in [0.1, 0.15) is 5.82 Å². The highest BCUT2D eigenvalue weighted by Crippen LogP contribution is 2.22. The lowest BCUT2D eigenvalue weighted by Crippen LogP contribution is -2.46. The molecule has 1 heterocycles. The molecular formula is C19H32FN5. The third-order valence-corrected chi connectivity index (χ3v) is 4.68. The third-order valence-electron chi connectivity index (χ3n) is 4.68. The molecule has 0 bridgehead atoms. The van der Waals surface area contributed by atoms with Gasteiger partial charge in [0.15, 0.2) is 5.96 Å². The van der Waals surface area contributed by atoms with Gasteiger partial charge in [0.05, 0.1) is 5.69 Å². The van der Waals surface area contributed by atoms with Gasteiger partial charge in [-0.3, -0.25) is 4.99 Å². The Balaban J connectivity index is 1.88. The summed E-state index contributed by atoms with van der Waals surface area (Å²) in [6, 6.07) is 5.53. The summed E-state index contributed by atoms with van der Waals surface area (Å²) in [6.07, 6.45) is 2.25. The van der Waals surface area contributed by atoms with Gasteiger partial charge < -0.3 is 20.4 Å². The van der Waals surface area contributed by atoms with Gasteiger partial charge in [-0.25, -0.2) is 4.39 Å². The van der Waals surface area contributed by atoms with Crippen LogP contribution in [0.1, 0.15) is 32.3 Å². The Morgan fingerprint density at radius 2 is 1.92 bits per heavy atom. The first-order valence-electron chi connectivity index (χ1n) is 9.38. The van der Waals surface area contributed by atoms with E-state index in [-0.39, 0.29) is 5.82 Å². The Bertz CT molecular complexity index is 553. The van der Waals surface area contributed by atoms with Crippen molar-refractivity contribution in [3.63, 3.8) is 0 Å². The Morgan fingerprint density at radius 1 is 1.16 bits per heavy atom. The van der Waals surface area contributed by atoms with Crippen LogP contribution >= 0.6 is 0 Å².